The molecule has 0 N–H and O–H groups in total. The SMILES string of the molecule is COCCN(CCOC)C(=O)CC(=O)CCCC(=O)[O-].COCCN(CCOC)C(=O)CC(=O)CCCC(=O)[O-].COCCN(CCOC)C(=O)CC(=O)CCCC(=O)[O-].[Fe+3]. The standard InChI is InChI=1S/3C13H23NO6.Fe/c3*1-19-8-6-14(7-9-20-2)12(16)10-11(15)4-3-5-13(17)18;/h3*3-10H2,1-2H3,(H,17,18);/q;;;+3/p-3. The average Bonchev–Trinajstić information content (AvgIpc) is 3.17. The molecule has 0 spiro atoms. The molecule has 0 aromatic rings. The molecule has 0 saturated carbocycles. The summed E-state index contributed by atoms with van der Waals surface area (Å²) in [6.45, 7) is 4.66. The summed E-state index contributed by atoms with van der Waals surface area (Å²) in [6.07, 6.45) is -0.363. The van der Waals surface area contributed by atoms with Crippen molar-refractivity contribution < 1.29 is 104 Å². The van der Waals surface area contributed by atoms with Gasteiger partial charge < -0.3 is 72.8 Å². The third-order valence-electron chi connectivity index (χ3n) is 8.00. The normalized spacial score (nSPS) is 10.1. The molecule has 353 valence electrons. The Balaban J connectivity index is -0.000000396. The van der Waals surface area contributed by atoms with Crippen LogP contribution in [-0.4, -0.2) is 189 Å². The maximum Gasteiger partial charge on any atom is 3.00 e. The number of methoxy groups -OCH3 is 6. The van der Waals surface area contributed by atoms with Crippen LogP contribution in [0, 0.1) is 0 Å². The van der Waals surface area contributed by atoms with Gasteiger partial charge in [-0.3, -0.25) is 28.8 Å². The van der Waals surface area contributed by atoms with Crippen molar-refractivity contribution in [3.63, 3.8) is 0 Å². The molecule has 22 heteroatoms. The zero-order valence-electron chi connectivity index (χ0n) is 36.5. The van der Waals surface area contributed by atoms with Crippen molar-refractivity contribution >= 4 is 53.0 Å². The minimum atomic E-state index is -1.19. The van der Waals surface area contributed by atoms with Gasteiger partial charge in [0, 0.05) is 119 Å². The van der Waals surface area contributed by atoms with Crippen molar-refractivity contribution in [2.75, 3.05) is 122 Å². The second-order valence-corrected chi connectivity index (χ2v) is 12.9. The van der Waals surface area contributed by atoms with Gasteiger partial charge in [0.15, 0.2) is 0 Å². The first kappa shape index (κ1) is 63.7. The Morgan fingerprint density at radius 2 is 0.525 bits per heavy atom. The van der Waals surface area contributed by atoms with Crippen LogP contribution < -0.4 is 15.3 Å². The number of amides is 3. The van der Waals surface area contributed by atoms with Gasteiger partial charge in [-0.15, -0.1) is 0 Å². The van der Waals surface area contributed by atoms with E-state index in [1.807, 2.05) is 0 Å². The van der Waals surface area contributed by atoms with Crippen LogP contribution >= 0.6 is 0 Å². The Morgan fingerprint density at radius 1 is 0.344 bits per heavy atom. The molecule has 21 nitrogen and oxygen atoms in total. The van der Waals surface area contributed by atoms with E-state index >= 15 is 0 Å². The molecule has 3 amide bonds. The molecule has 0 rings (SSSR count). The van der Waals surface area contributed by atoms with Gasteiger partial charge in [-0.25, -0.2) is 0 Å². The molecule has 0 aliphatic rings. The number of carbonyl (C=O) groups is 9. The number of hydrogen-bond donors (Lipinski definition) is 0. The van der Waals surface area contributed by atoms with Gasteiger partial charge in [0.25, 0.3) is 0 Å². The summed E-state index contributed by atoms with van der Waals surface area (Å²) in [4.78, 5) is 106. The fraction of sp³-hybridized carbons (Fsp3) is 0.769. The monoisotopic (exact) mass is 920 g/mol. The fourth-order valence-electron chi connectivity index (χ4n) is 4.69. The first-order valence-corrected chi connectivity index (χ1v) is 19.4. The predicted octanol–water partition coefficient (Wildman–Crippen LogP) is -3.04. The Morgan fingerprint density at radius 3 is 0.672 bits per heavy atom. The Hall–Kier alpha value is -3.89. The Kier molecular flexibility index (Phi) is 46.2. The van der Waals surface area contributed by atoms with Gasteiger partial charge in [-0.1, -0.05) is 0 Å². The van der Waals surface area contributed by atoms with Crippen LogP contribution in [0.1, 0.15) is 77.0 Å². The van der Waals surface area contributed by atoms with Crippen LogP contribution in [-0.2, 0) is 88.6 Å². The van der Waals surface area contributed by atoms with E-state index in [4.69, 9.17) is 28.4 Å². The third kappa shape index (κ3) is 42.6. The van der Waals surface area contributed by atoms with E-state index < -0.39 is 17.9 Å². The Labute approximate surface area is 369 Å². The molecule has 0 bridgehead atoms. The van der Waals surface area contributed by atoms with Crippen LogP contribution in [0.15, 0.2) is 0 Å². The number of carboxylic acids is 3. The number of carbonyl (C=O) groups excluding carboxylic acids is 9. The molecule has 0 aromatic carbocycles. The van der Waals surface area contributed by atoms with Gasteiger partial charge in [0.2, 0.25) is 17.7 Å². The van der Waals surface area contributed by atoms with Gasteiger partial charge in [0.1, 0.15) is 17.3 Å². The Bertz CT molecular complexity index is 1080. The van der Waals surface area contributed by atoms with Crippen LogP contribution in [0.5, 0.6) is 0 Å². The summed E-state index contributed by atoms with van der Waals surface area (Å²) in [7, 11) is 9.19. The molecule has 1 radical (unpaired) electrons. The zero-order chi connectivity index (χ0) is 46.1. The fourth-order valence-corrected chi connectivity index (χ4v) is 4.69. The van der Waals surface area contributed by atoms with Crippen molar-refractivity contribution in [2.24, 2.45) is 0 Å². The number of ketones is 3. The summed E-state index contributed by atoms with van der Waals surface area (Å²) in [5.41, 5.74) is 0. The first-order valence-electron chi connectivity index (χ1n) is 19.4. The maximum atomic E-state index is 11.9. The van der Waals surface area contributed by atoms with Crippen LogP contribution in [0.2, 0.25) is 0 Å². The number of ether oxygens (including phenoxy) is 6. The van der Waals surface area contributed by atoms with E-state index in [0.29, 0.717) is 78.9 Å². The smallest absolute Gasteiger partial charge is 0.550 e. The first-order chi connectivity index (χ1) is 28.5. The molecule has 0 saturated heterocycles. The van der Waals surface area contributed by atoms with E-state index in [1.54, 1.807) is 0 Å². The number of rotatable bonds is 36. The second-order valence-electron chi connectivity index (χ2n) is 12.9. The van der Waals surface area contributed by atoms with Crippen LogP contribution in [0.3, 0.4) is 0 Å². The quantitative estimate of drug-likeness (QED) is 0.0446. The van der Waals surface area contributed by atoms with Gasteiger partial charge >= 0.3 is 17.1 Å². The molecule has 0 fully saturated rings. The van der Waals surface area contributed by atoms with Crippen molar-refractivity contribution in [1.82, 2.24) is 14.7 Å². The average molecular weight is 921 g/mol. The number of hydrogen-bond acceptors (Lipinski definition) is 18. The van der Waals surface area contributed by atoms with E-state index in [9.17, 15) is 58.5 Å². The minimum Gasteiger partial charge on any atom is -0.550 e. The zero-order valence-corrected chi connectivity index (χ0v) is 37.6. The summed E-state index contributed by atoms with van der Waals surface area (Å²) in [5, 5.41) is 30.7. The van der Waals surface area contributed by atoms with E-state index in [1.165, 1.54) is 57.4 Å². The minimum absolute atomic E-state index is 0. The number of carboxylic acid groups (broad SMARTS) is 3. The van der Waals surface area contributed by atoms with Crippen LogP contribution in [0.25, 0.3) is 0 Å². The molecule has 0 aliphatic heterocycles. The predicted molar refractivity (Wildman–Crippen MR) is 206 cm³/mol. The summed E-state index contributed by atoms with van der Waals surface area (Å²) >= 11 is 0. The van der Waals surface area contributed by atoms with Crippen molar-refractivity contribution in [3.8, 4) is 0 Å². The molecular formula is C39H66FeN3O18. The van der Waals surface area contributed by atoms with Gasteiger partial charge in [-0.2, -0.15) is 0 Å². The van der Waals surface area contributed by atoms with Gasteiger partial charge in [0.05, 0.1) is 58.9 Å². The number of Topliss-reactive ketones (excluding diaryl/α,β-unsaturated/α-hetero) is 3. The summed E-state index contributed by atoms with van der Waals surface area (Å²) in [6, 6.07) is 0. The molecule has 0 unspecified atom stereocenters. The summed E-state index contributed by atoms with van der Waals surface area (Å²) in [5.74, 6) is -5.25. The van der Waals surface area contributed by atoms with E-state index in [-0.39, 0.29) is 129 Å². The topological polar surface area (TPSA) is 288 Å². The van der Waals surface area contributed by atoms with E-state index in [0.717, 1.165) is 0 Å². The second kappa shape index (κ2) is 44.2. The van der Waals surface area contributed by atoms with Crippen molar-refractivity contribution in [2.45, 2.75) is 77.0 Å². The molecule has 0 aromatic heterocycles. The van der Waals surface area contributed by atoms with Gasteiger partial charge in [-0.05, 0) is 38.5 Å². The molecule has 0 aliphatic carbocycles. The third-order valence-corrected chi connectivity index (χ3v) is 8.00. The molecule has 61 heavy (non-hydrogen) atoms. The maximum absolute atomic E-state index is 11.9. The molecular weight excluding hydrogens is 854 g/mol. The van der Waals surface area contributed by atoms with Crippen molar-refractivity contribution in [1.29, 1.82) is 0 Å². The van der Waals surface area contributed by atoms with E-state index in [2.05, 4.69) is 0 Å². The number of aliphatic carboxylic acids is 3. The molecule has 0 heterocycles. The van der Waals surface area contributed by atoms with Crippen molar-refractivity contribution in [3.05, 3.63) is 0 Å². The molecule has 0 atom stereocenters. The number of nitrogens with zero attached hydrogens (tertiary/aromatic N) is 3. The van der Waals surface area contributed by atoms with Crippen LogP contribution in [0.4, 0.5) is 0 Å². The largest absolute Gasteiger partial charge is 3.00 e. The summed E-state index contributed by atoms with van der Waals surface area (Å²) < 4.78 is 29.4.